The van der Waals surface area contributed by atoms with Crippen LogP contribution in [0.15, 0.2) is 34.5 Å². The van der Waals surface area contributed by atoms with E-state index in [0.717, 1.165) is 0 Å². The maximum Gasteiger partial charge on any atom is 0.200 e. The molecule has 0 spiro atoms. The molecule has 0 bridgehead atoms. The van der Waals surface area contributed by atoms with E-state index in [2.05, 4.69) is 10.2 Å². The van der Waals surface area contributed by atoms with E-state index < -0.39 is 34.8 Å². The monoisotopic (exact) mass is 302 g/mol. The standard InChI is InChI=1S/C13H7F5N2O/c1-21-7-4-2-6(3-5-7)19-20-13-11(17)9(15)8(14)10(16)12(13)18/h2-5H,1H3. The van der Waals surface area contributed by atoms with Crippen LogP contribution in [0.4, 0.5) is 33.3 Å². The lowest BCUT2D eigenvalue weighted by Gasteiger charge is -2.03. The zero-order chi connectivity index (χ0) is 15.6. The summed E-state index contributed by atoms with van der Waals surface area (Å²) in [5.41, 5.74) is -1.19. The van der Waals surface area contributed by atoms with Gasteiger partial charge in [0.25, 0.3) is 0 Å². The van der Waals surface area contributed by atoms with Gasteiger partial charge >= 0.3 is 0 Å². The predicted octanol–water partition coefficient (Wildman–Crippen LogP) is 4.81. The van der Waals surface area contributed by atoms with Crippen LogP contribution >= 0.6 is 0 Å². The first-order chi connectivity index (χ1) is 9.95. The highest BCUT2D eigenvalue weighted by Gasteiger charge is 2.25. The molecule has 21 heavy (non-hydrogen) atoms. The van der Waals surface area contributed by atoms with Crippen molar-refractivity contribution in [2.75, 3.05) is 7.11 Å². The van der Waals surface area contributed by atoms with Crippen LogP contribution in [0.5, 0.6) is 5.75 Å². The number of rotatable bonds is 3. The first-order valence-electron chi connectivity index (χ1n) is 5.53. The quantitative estimate of drug-likeness (QED) is 0.347. The van der Waals surface area contributed by atoms with Crippen LogP contribution in [0, 0.1) is 29.1 Å². The SMILES string of the molecule is COc1ccc(N=Nc2c(F)c(F)c(F)c(F)c2F)cc1. The number of methoxy groups -OCH3 is 1. The van der Waals surface area contributed by atoms with Gasteiger partial charge in [0.05, 0.1) is 12.8 Å². The molecule has 0 aliphatic carbocycles. The number of benzene rings is 2. The van der Waals surface area contributed by atoms with Crippen molar-refractivity contribution in [1.82, 2.24) is 0 Å². The lowest BCUT2D eigenvalue weighted by molar-refractivity contribution is 0.380. The van der Waals surface area contributed by atoms with Gasteiger partial charge in [0.1, 0.15) is 5.75 Å². The zero-order valence-electron chi connectivity index (χ0n) is 10.5. The molecule has 0 fully saturated rings. The molecule has 0 aliphatic heterocycles. The summed E-state index contributed by atoms with van der Waals surface area (Å²) < 4.78 is 70.3. The van der Waals surface area contributed by atoms with Gasteiger partial charge in [-0.3, -0.25) is 0 Å². The van der Waals surface area contributed by atoms with Gasteiger partial charge in [-0.25, -0.2) is 22.0 Å². The predicted molar refractivity (Wildman–Crippen MR) is 63.4 cm³/mol. The molecule has 110 valence electrons. The highest BCUT2D eigenvalue weighted by Crippen LogP contribution is 2.30. The topological polar surface area (TPSA) is 34.0 Å². The molecule has 0 aliphatic rings. The maximum atomic E-state index is 13.3. The molecule has 3 nitrogen and oxygen atoms in total. The summed E-state index contributed by atoms with van der Waals surface area (Å²) in [5.74, 6) is -9.96. The van der Waals surface area contributed by atoms with Crippen LogP contribution < -0.4 is 4.74 Å². The number of hydrogen-bond acceptors (Lipinski definition) is 3. The van der Waals surface area contributed by atoms with Gasteiger partial charge in [-0.1, -0.05) is 0 Å². The van der Waals surface area contributed by atoms with Gasteiger partial charge in [-0.15, -0.1) is 5.11 Å². The third-order valence-electron chi connectivity index (χ3n) is 2.52. The summed E-state index contributed by atoms with van der Waals surface area (Å²) in [5, 5.41) is 6.50. The Morgan fingerprint density at radius 2 is 1.19 bits per heavy atom. The Morgan fingerprint density at radius 1 is 0.714 bits per heavy atom. The van der Waals surface area contributed by atoms with Gasteiger partial charge in [0.2, 0.25) is 5.82 Å². The summed E-state index contributed by atoms with van der Waals surface area (Å²) >= 11 is 0. The number of hydrogen-bond donors (Lipinski definition) is 0. The highest BCUT2D eigenvalue weighted by atomic mass is 19.2. The van der Waals surface area contributed by atoms with Crippen LogP contribution in [-0.4, -0.2) is 7.11 Å². The van der Waals surface area contributed by atoms with Crippen molar-refractivity contribution in [3.63, 3.8) is 0 Å². The molecule has 2 aromatic carbocycles. The Balaban J connectivity index is 2.41. The Morgan fingerprint density at radius 3 is 1.67 bits per heavy atom. The number of halogens is 5. The van der Waals surface area contributed by atoms with Crippen molar-refractivity contribution in [1.29, 1.82) is 0 Å². The lowest BCUT2D eigenvalue weighted by Crippen LogP contribution is -2.00. The van der Waals surface area contributed by atoms with Crippen LogP contribution in [0.2, 0.25) is 0 Å². The van der Waals surface area contributed by atoms with Crippen molar-refractivity contribution < 1.29 is 26.7 Å². The Labute approximate surface area is 115 Å². The van der Waals surface area contributed by atoms with Gasteiger partial charge in [0.15, 0.2) is 29.0 Å². The minimum atomic E-state index is -2.24. The van der Waals surface area contributed by atoms with Crippen molar-refractivity contribution in [2.45, 2.75) is 0 Å². The van der Waals surface area contributed by atoms with E-state index in [1.807, 2.05) is 0 Å². The van der Waals surface area contributed by atoms with Crippen molar-refractivity contribution in [2.24, 2.45) is 10.2 Å². The average molecular weight is 302 g/mol. The Bertz CT molecular complexity index is 672. The summed E-state index contributed by atoms with van der Waals surface area (Å²) in [6.45, 7) is 0. The van der Waals surface area contributed by atoms with Crippen LogP contribution in [0.25, 0.3) is 0 Å². The first-order valence-corrected chi connectivity index (χ1v) is 5.53. The molecular formula is C13H7F5N2O. The summed E-state index contributed by atoms with van der Waals surface area (Å²) in [6, 6.07) is 5.78. The Hall–Kier alpha value is -2.51. The fourth-order valence-corrected chi connectivity index (χ4v) is 1.44. The third kappa shape index (κ3) is 2.83. The maximum absolute atomic E-state index is 13.3. The molecule has 2 rings (SSSR count). The molecule has 0 radical (unpaired) electrons. The van der Waals surface area contributed by atoms with Crippen molar-refractivity contribution in [3.05, 3.63) is 53.4 Å². The minimum absolute atomic E-state index is 0.153. The molecule has 0 atom stereocenters. The molecule has 0 saturated heterocycles. The van der Waals surface area contributed by atoms with E-state index in [1.54, 1.807) is 0 Å². The number of ether oxygens (including phenoxy) is 1. The second-order valence-electron chi connectivity index (χ2n) is 3.82. The molecular weight excluding hydrogens is 295 g/mol. The first kappa shape index (κ1) is 14.9. The average Bonchev–Trinajstić information content (AvgIpc) is 2.51. The lowest BCUT2D eigenvalue weighted by atomic mass is 10.2. The van der Waals surface area contributed by atoms with E-state index in [4.69, 9.17) is 4.74 Å². The summed E-state index contributed by atoms with van der Waals surface area (Å²) in [4.78, 5) is 0. The van der Waals surface area contributed by atoms with E-state index >= 15 is 0 Å². The van der Waals surface area contributed by atoms with E-state index in [9.17, 15) is 22.0 Å². The van der Waals surface area contributed by atoms with Crippen LogP contribution in [0.1, 0.15) is 0 Å². The molecule has 0 aromatic heterocycles. The molecule has 0 heterocycles. The van der Waals surface area contributed by atoms with Crippen molar-refractivity contribution >= 4 is 11.4 Å². The molecule has 0 saturated carbocycles. The fourth-order valence-electron chi connectivity index (χ4n) is 1.44. The third-order valence-corrected chi connectivity index (χ3v) is 2.52. The minimum Gasteiger partial charge on any atom is -0.497 e. The molecule has 0 unspecified atom stereocenters. The van der Waals surface area contributed by atoms with E-state index in [0.29, 0.717) is 5.75 Å². The van der Waals surface area contributed by atoms with Gasteiger partial charge < -0.3 is 4.74 Å². The number of azo groups is 1. The van der Waals surface area contributed by atoms with Gasteiger partial charge in [0, 0.05) is 0 Å². The van der Waals surface area contributed by atoms with Crippen LogP contribution in [-0.2, 0) is 0 Å². The smallest absolute Gasteiger partial charge is 0.200 e. The van der Waals surface area contributed by atoms with Gasteiger partial charge in [-0.05, 0) is 24.3 Å². The van der Waals surface area contributed by atoms with E-state index in [1.165, 1.54) is 31.4 Å². The van der Waals surface area contributed by atoms with Gasteiger partial charge in [-0.2, -0.15) is 5.11 Å². The fraction of sp³-hybridized carbons (Fsp3) is 0.0769. The second kappa shape index (κ2) is 5.86. The highest BCUT2D eigenvalue weighted by molar-refractivity contribution is 5.44. The summed E-state index contributed by atoms with van der Waals surface area (Å²) in [6.07, 6.45) is 0. The number of nitrogens with zero attached hydrogens (tertiary/aromatic N) is 2. The second-order valence-corrected chi connectivity index (χ2v) is 3.82. The molecule has 0 amide bonds. The zero-order valence-corrected chi connectivity index (χ0v) is 10.5. The molecule has 0 N–H and O–H groups in total. The van der Waals surface area contributed by atoms with Crippen LogP contribution in [0.3, 0.4) is 0 Å². The molecule has 2 aromatic rings. The van der Waals surface area contributed by atoms with Crippen molar-refractivity contribution in [3.8, 4) is 5.75 Å². The largest absolute Gasteiger partial charge is 0.497 e. The Kier molecular flexibility index (Phi) is 4.15. The molecule has 8 heteroatoms. The summed E-state index contributed by atoms with van der Waals surface area (Å²) in [7, 11) is 1.44. The normalized spacial score (nSPS) is 11.1. The van der Waals surface area contributed by atoms with E-state index in [-0.39, 0.29) is 5.69 Å².